The molecule has 1 aromatic carbocycles. The van der Waals surface area contributed by atoms with Crippen molar-refractivity contribution in [1.82, 2.24) is 9.78 Å². The molecule has 0 fully saturated rings. The molecule has 0 saturated carbocycles. The fraction of sp³-hybridized carbons (Fsp3) is 0.438. The van der Waals surface area contributed by atoms with Crippen molar-refractivity contribution in [3.05, 3.63) is 47.5 Å². The summed E-state index contributed by atoms with van der Waals surface area (Å²) in [5.74, 6) is -0.0392. The second-order valence-electron chi connectivity index (χ2n) is 5.19. The Balaban J connectivity index is 2.00. The lowest BCUT2D eigenvalue weighted by atomic mass is 10.1. The van der Waals surface area contributed by atoms with Crippen LogP contribution in [0.15, 0.2) is 30.5 Å². The van der Waals surface area contributed by atoms with Crippen LogP contribution in [0.5, 0.6) is 5.75 Å². The van der Waals surface area contributed by atoms with Gasteiger partial charge in [-0.1, -0.05) is 6.92 Å². The van der Waals surface area contributed by atoms with Gasteiger partial charge < -0.3 is 9.84 Å². The minimum Gasteiger partial charge on any atom is -0.487 e. The Bertz CT molecular complexity index is 596. The molecule has 0 bridgehead atoms. The van der Waals surface area contributed by atoms with Crippen LogP contribution in [0.1, 0.15) is 50.6 Å². The van der Waals surface area contributed by atoms with Crippen LogP contribution >= 0.6 is 0 Å². The molecule has 0 aliphatic carbocycles. The zero-order valence-electron chi connectivity index (χ0n) is 12.6. The summed E-state index contributed by atoms with van der Waals surface area (Å²) in [5, 5.41) is 13.8. The summed E-state index contributed by atoms with van der Waals surface area (Å²) in [6.07, 6.45) is 2.10. The van der Waals surface area contributed by atoms with Gasteiger partial charge in [0, 0.05) is 23.9 Å². The van der Waals surface area contributed by atoms with Crippen molar-refractivity contribution in [2.45, 2.75) is 45.9 Å². The van der Waals surface area contributed by atoms with Gasteiger partial charge in [-0.15, -0.1) is 0 Å². The fourth-order valence-electron chi connectivity index (χ4n) is 1.98. The highest BCUT2D eigenvalue weighted by molar-refractivity contribution is 5.30. The van der Waals surface area contributed by atoms with Crippen LogP contribution in [0.25, 0.3) is 0 Å². The Morgan fingerprint density at radius 3 is 2.71 bits per heavy atom. The summed E-state index contributed by atoms with van der Waals surface area (Å²) < 4.78 is 21.2. The standard InChI is InChI=1S/C16H21FN2O2/c1-4-11(2)19-8-7-13(18-19)10-21-14-5-6-15(12(3)20)16(17)9-14/h5-9,11-12,20H,4,10H2,1-3H3. The lowest BCUT2D eigenvalue weighted by Crippen LogP contribution is -2.06. The third-order valence-electron chi connectivity index (χ3n) is 3.51. The van der Waals surface area contributed by atoms with Crippen molar-refractivity contribution in [2.75, 3.05) is 0 Å². The Kier molecular flexibility index (Phi) is 4.96. The van der Waals surface area contributed by atoms with E-state index in [-0.39, 0.29) is 12.2 Å². The lowest BCUT2D eigenvalue weighted by molar-refractivity contribution is 0.193. The number of rotatable bonds is 6. The Morgan fingerprint density at radius 1 is 1.33 bits per heavy atom. The summed E-state index contributed by atoms with van der Waals surface area (Å²) in [5.41, 5.74) is 1.07. The highest BCUT2D eigenvalue weighted by Crippen LogP contribution is 2.22. The highest BCUT2D eigenvalue weighted by atomic mass is 19.1. The first-order valence-electron chi connectivity index (χ1n) is 7.15. The Morgan fingerprint density at radius 2 is 2.10 bits per heavy atom. The average molecular weight is 292 g/mol. The zero-order chi connectivity index (χ0) is 15.4. The molecular weight excluding hydrogens is 271 g/mol. The van der Waals surface area contributed by atoms with E-state index in [0.29, 0.717) is 11.8 Å². The third kappa shape index (κ3) is 3.82. The van der Waals surface area contributed by atoms with Crippen molar-refractivity contribution < 1.29 is 14.2 Å². The molecule has 0 aliphatic rings. The third-order valence-corrected chi connectivity index (χ3v) is 3.51. The number of ether oxygens (including phenoxy) is 1. The molecule has 0 radical (unpaired) electrons. The normalized spacial score (nSPS) is 14.0. The molecule has 1 N–H and O–H groups in total. The molecule has 2 aromatic rings. The molecule has 1 aromatic heterocycles. The number of aliphatic hydroxyl groups excluding tert-OH is 1. The Hall–Kier alpha value is -1.88. The molecule has 2 unspecified atom stereocenters. The van der Waals surface area contributed by atoms with Crippen molar-refractivity contribution in [3.8, 4) is 5.75 Å². The van der Waals surface area contributed by atoms with E-state index in [1.54, 1.807) is 6.07 Å². The average Bonchev–Trinajstić information content (AvgIpc) is 2.92. The highest BCUT2D eigenvalue weighted by Gasteiger charge is 2.10. The van der Waals surface area contributed by atoms with Crippen LogP contribution in [0.3, 0.4) is 0 Å². The maximum Gasteiger partial charge on any atom is 0.132 e. The lowest BCUT2D eigenvalue weighted by Gasteiger charge is -2.10. The van der Waals surface area contributed by atoms with Crippen molar-refractivity contribution in [1.29, 1.82) is 0 Å². The number of benzene rings is 1. The van der Waals surface area contributed by atoms with Crippen LogP contribution < -0.4 is 4.74 Å². The topological polar surface area (TPSA) is 47.3 Å². The molecule has 2 atom stereocenters. The van der Waals surface area contributed by atoms with E-state index in [1.165, 1.54) is 19.1 Å². The van der Waals surface area contributed by atoms with Gasteiger partial charge in [0.1, 0.15) is 18.2 Å². The summed E-state index contributed by atoms with van der Waals surface area (Å²) in [4.78, 5) is 0. The van der Waals surface area contributed by atoms with Crippen molar-refractivity contribution >= 4 is 0 Å². The quantitative estimate of drug-likeness (QED) is 0.884. The molecule has 0 amide bonds. The number of hydrogen-bond donors (Lipinski definition) is 1. The maximum absolute atomic E-state index is 13.7. The van der Waals surface area contributed by atoms with E-state index < -0.39 is 11.9 Å². The van der Waals surface area contributed by atoms with E-state index in [0.717, 1.165) is 12.1 Å². The van der Waals surface area contributed by atoms with Gasteiger partial charge in [-0.05, 0) is 38.5 Å². The van der Waals surface area contributed by atoms with Crippen molar-refractivity contribution in [3.63, 3.8) is 0 Å². The number of nitrogens with zero attached hydrogens (tertiary/aromatic N) is 2. The fourth-order valence-corrected chi connectivity index (χ4v) is 1.98. The van der Waals surface area contributed by atoms with Gasteiger partial charge in [-0.3, -0.25) is 4.68 Å². The SMILES string of the molecule is CCC(C)n1ccc(COc2ccc(C(C)O)c(F)c2)n1. The number of aromatic nitrogens is 2. The minimum absolute atomic E-state index is 0.267. The largest absolute Gasteiger partial charge is 0.487 e. The second-order valence-corrected chi connectivity index (χ2v) is 5.19. The van der Waals surface area contributed by atoms with Gasteiger partial charge in [0.25, 0.3) is 0 Å². The smallest absolute Gasteiger partial charge is 0.132 e. The number of aliphatic hydroxyl groups is 1. The summed E-state index contributed by atoms with van der Waals surface area (Å²) >= 11 is 0. The van der Waals surface area contributed by atoms with E-state index >= 15 is 0 Å². The molecular formula is C16H21FN2O2. The van der Waals surface area contributed by atoms with E-state index in [4.69, 9.17) is 4.74 Å². The summed E-state index contributed by atoms with van der Waals surface area (Å²) in [6, 6.07) is 6.71. The van der Waals surface area contributed by atoms with E-state index in [2.05, 4.69) is 18.9 Å². The van der Waals surface area contributed by atoms with Crippen LogP contribution in [0, 0.1) is 5.82 Å². The number of halogens is 1. The van der Waals surface area contributed by atoms with Gasteiger partial charge in [0.15, 0.2) is 0 Å². The van der Waals surface area contributed by atoms with Gasteiger partial charge in [-0.2, -0.15) is 5.10 Å². The monoisotopic (exact) mass is 292 g/mol. The van der Waals surface area contributed by atoms with Gasteiger partial charge in [0.2, 0.25) is 0 Å². The molecule has 2 rings (SSSR count). The maximum atomic E-state index is 13.7. The van der Waals surface area contributed by atoms with E-state index in [1.807, 2.05) is 16.9 Å². The molecule has 0 aliphatic heterocycles. The predicted octanol–water partition coefficient (Wildman–Crippen LogP) is 3.63. The molecule has 21 heavy (non-hydrogen) atoms. The van der Waals surface area contributed by atoms with E-state index in [9.17, 15) is 9.50 Å². The van der Waals surface area contributed by atoms with Crippen LogP contribution in [0.2, 0.25) is 0 Å². The van der Waals surface area contributed by atoms with Crippen molar-refractivity contribution in [2.24, 2.45) is 0 Å². The minimum atomic E-state index is -0.828. The number of hydrogen-bond acceptors (Lipinski definition) is 3. The molecule has 0 saturated heterocycles. The molecule has 1 heterocycles. The second kappa shape index (κ2) is 6.72. The summed E-state index contributed by atoms with van der Waals surface area (Å²) in [6.45, 7) is 6.02. The zero-order valence-corrected chi connectivity index (χ0v) is 12.6. The summed E-state index contributed by atoms with van der Waals surface area (Å²) in [7, 11) is 0. The molecule has 0 spiro atoms. The first-order valence-corrected chi connectivity index (χ1v) is 7.15. The van der Waals surface area contributed by atoms with Gasteiger partial charge in [-0.25, -0.2) is 4.39 Å². The first-order chi connectivity index (χ1) is 10.0. The molecule has 5 heteroatoms. The van der Waals surface area contributed by atoms with Gasteiger partial charge >= 0.3 is 0 Å². The van der Waals surface area contributed by atoms with Crippen LogP contribution in [-0.2, 0) is 6.61 Å². The molecule has 4 nitrogen and oxygen atoms in total. The van der Waals surface area contributed by atoms with Crippen LogP contribution in [-0.4, -0.2) is 14.9 Å². The van der Waals surface area contributed by atoms with Crippen LogP contribution in [0.4, 0.5) is 4.39 Å². The Labute approximate surface area is 124 Å². The predicted molar refractivity (Wildman–Crippen MR) is 78.6 cm³/mol. The molecule has 114 valence electrons. The first kappa shape index (κ1) is 15.5. The van der Waals surface area contributed by atoms with Gasteiger partial charge in [0.05, 0.1) is 11.8 Å².